The van der Waals surface area contributed by atoms with Gasteiger partial charge in [-0.3, -0.25) is 4.79 Å². The number of carbonyl (C=O) groups excluding carboxylic acids is 1. The molecule has 2 aromatic carbocycles. The van der Waals surface area contributed by atoms with Crippen molar-refractivity contribution in [3.8, 4) is 34.0 Å². The Bertz CT molecular complexity index is 1080. The number of hydrogen-bond acceptors (Lipinski definition) is 5. The molecule has 1 atom stereocenters. The van der Waals surface area contributed by atoms with Crippen molar-refractivity contribution in [1.82, 2.24) is 9.97 Å². The Labute approximate surface area is 235 Å². The molecule has 1 heterocycles. The number of carbonyl (C=O) groups is 1. The molecule has 0 aliphatic carbocycles. The first-order chi connectivity index (χ1) is 19.1. The van der Waals surface area contributed by atoms with Crippen molar-refractivity contribution in [2.75, 3.05) is 6.61 Å². The topological polar surface area (TPSA) is 61.3 Å². The second-order valence-corrected chi connectivity index (χ2v) is 10.6. The van der Waals surface area contributed by atoms with Crippen molar-refractivity contribution in [2.45, 2.75) is 97.8 Å². The number of benzene rings is 2. The van der Waals surface area contributed by atoms with Crippen molar-refractivity contribution in [3.05, 3.63) is 60.9 Å². The molecule has 3 aromatic rings. The average Bonchev–Trinajstić information content (AvgIpc) is 2.96. The van der Waals surface area contributed by atoms with E-state index in [1.807, 2.05) is 60.9 Å². The monoisotopic (exact) mass is 530 g/mol. The van der Waals surface area contributed by atoms with Gasteiger partial charge in [0.2, 0.25) is 0 Å². The van der Waals surface area contributed by atoms with E-state index in [4.69, 9.17) is 9.47 Å². The molecule has 1 unspecified atom stereocenters. The average molecular weight is 531 g/mol. The summed E-state index contributed by atoms with van der Waals surface area (Å²) in [6.45, 7) is 7.53. The summed E-state index contributed by atoms with van der Waals surface area (Å²) in [5, 5.41) is 0. The summed E-state index contributed by atoms with van der Waals surface area (Å²) in [5.74, 6) is 2.74. The van der Waals surface area contributed by atoms with Crippen LogP contribution in [0, 0.1) is 5.92 Å². The first-order valence-electron chi connectivity index (χ1n) is 15.0. The van der Waals surface area contributed by atoms with Crippen molar-refractivity contribution >= 4 is 5.97 Å². The third-order valence-corrected chi connectivity index (χ3v) is 7.06. The van der Waals surface area contributed by atoms with Crippen LogP contribution in [0.2, 0.25) is 0 Å². The van der Waals surface area contributed by atoms with Gasteiger partial charge in [0.05, 0.1) is 6.61 Å². The number of ether oxygens (including phenoxy) is 2. The number of hydrogen-bond donors (Lipinski definition) is 0. The van der Waals surface area contributed by atoms with Crippen molar-refractivity contribution in [1.29, 1.82) is 0 Å². The lowest BCUT2D eigenvalue weighted by atomic mass is 9.98. The number of rotatable bonds is 18. The fourth-order valence-corrected chi connectivity index (χ4v) is 4.70. The Morgan fingerprint density at radius 1 is 0.692 bits per heavy atom. The van der Waals surface area contributed by atoms with Gasteiger partial charge in [-0.05, 0) is 60.7 Å². The maximum absolute atomic E-state index is 12.2. The maximum Gasteiger partial charge on any atom is 0.311 e. The fraction of sp³-hybridized carbons (Fsp3) is 0.500. The molecule has 0 aliphatic rings. The minimum atomic E-state index is -0.166. The molecule has 0 saturated carbocycles. The number of aromatic nitrogens is 2. The van der Waals surface area contributed by atoms with Crippen LogP contribution in [0.1, 0.15) is 97.8 Å². The quantitative estimate of drug-likeness (QED) is 0.0931. The molecule has 0 amide bonds. The molecule has 210 valence electrons. The number of nitrogens with zero attached hydrogens (tertiary/aromatic N) is 2. The standard InChI is InChI=1S/C34H46N2O3/c1-4-6-7-8-12-24-38-31-20-18-29(19-21-31)34-35-25-30(26-36-34)28-16-22-32(23-17-28)39-33(37)15-11-9-10-14-27(3)13-5-2/h16-23,25-27H,4-15,24H2,1-3H3. The third kappa shape index (κ3) is 11.2. The second kappa shape index (κ2) is 17.4. The van der Waals surface area contributed by atoms with E-state index < -0.39 is 0 Å². The fourth-order valence-electron chi connectivity index (χ4n) is 4.70. The first kappa shape index (κ1) is 30.3. The van der Waals surface area contributed by atoms with Gasteiger partial charge >= 0.3 is 5.97 Å². The normalized spacial score (nSPS) is 11.8. The van der Waals surface area contributed by atoms with Crippen molar-refractivity contribution in [3.63, 3.8) is 0 Å². The summed E-state index contributed by atoms with van der Waals surface area (Å²) in [6, 6.07) is 15.5. The molecule has 0 bridgehead atoms. The van der Waals surface area contributed by atoms with E-state index in [1.54, 1.807) is 0 Å². The van der Waals surface area contributed by atoms with Gasteiger partial charge in [-0.1, -0.05) is 90.7 Å². The van der Waals surface area contributed by atoms with E-state index in [-0.39, 0.29) is 5.97 Å². The van der Waals surface area contributed by atoms with Crippen LogP contribution in [0.4, 0.5) is 0 Å². The number of unbranched alkanes of at least 4 members (excludes halogenated alkanes) is 6. The lowest BCUT2D eigenvalue weighted by Crippen LogP contribution is -2.07. The second-order valence-electron chi connectivity index (χ2n) is 10.6. The molecule has 0 radical (unpaired) electrons. The van der Waals surface area contributed by atoms with Gasteiger partial charge in [-0.2, -0.15) is 0 Å². The Morgan fingerprint density at radius 3 is 2.03 bits per heavy atom. The Hall–Kier alpha value is -3.21. The van der Waals surface area contributed by atoms with Gasteiger partial charge in [0.25, 0.3) is 0 Å². The highest BCUT2D eigenvalue weighted by molar-refractivity contribution is 5.73. The lowest BCUT2D eigenvalue weighted by Gasteiger charge is -2.09. The van der Waals surface area contributed by atoms with Gasteiger partial charge in [-0.15, -0.1) is 0 Å². The summed E-state index contributed by atoms with van der Waals surface area (Å²) in [7, 11) is 0. The van der Waals surface area contributed by atoms with Crippen LogP contribution in [0.5, 0.6) is 11.5 Å². The third-order valence-electron chi connectivity index (χ3n) is 7.06. The highest BCUT2D eigenvalue weighted by atomic mass is 16.5. The van der Waals surface area contributed by atoms with E-state index >= 15 is 0 Å². The Morgan fingerprint density at radius 2 is 1.33 bits per heavy atom. The zero-order valence-corrected chi connectivity index (χ0v) is 24.2. The molecule has 1 aromatic heterocycles. The van der Waals surface area contributed by atoms with Gasteiger partial charge in [-0.25, -0.2) is 9.97 Å². The van der Waals surface area contributed by atoms with Crippen LogP contribution in [0.3, 0.4) is 0 Å². The molecular weight excluding hydrogens is 484 g/mol. The Kier molecular flexibility index (Phi) is 13.5. The van der Waals surface area contributed by atoms with Crippen LogP contribution in [-0.2, 0) is 4.79 Å². The van der Waals surface area contributed by atoms with Crippen LogP contribution in [0.25, 0.3) is 22.5 Å². The largest absolute Gasteiger partial charge is 0.494 e. The van der Waals surface area contributed by atoms with E-state index in [0.29, 0.717) is 18.0 Å². The summed E-state index contributed by atoms with van der Waals surface area (Å²) < 4.78 is 11.4. The van der Waals surface area contributed by atoms with Crippen LogP contribution in [-0.4, -0.2) is 22.5 Å². The predicted molar refractivity (Wildman–Crippen MR) is 160 cm³/mol. The summed E-state index contributed by atoms with van der Waals surface area (Å²) >= 11 is 0. The SMILES string of the molecule is CCCCCCCOc1ccc(-c2ncc(-c3ccc(OC(=O)CCCCCC(C)CCC)cc3)cn2)cc1. The molecule has 0 aliphatic heterocycles. The predicted octanol–water partition coefficient (Wildman–Crippen LogP) is 9.45. The van der Waals surface area contributed by atoms with Crippen molar-refractivity contribution in [2.24, 2.45) is 5.92 Å². The molecule has 5 heteroatoms. The number of esters is 1. The Balaban J connectivity index is 1.42. The van der Waals surface area contributed by atoms with Gasteiger partial charge < -0.3 is 9.47 Å². The summed E-state index contributed by atoms with van der Waals surface area (Å²) in [5.41, 5.74) is 2.84. The minimum Gasteiger partial charge on any atom is -0.494 e. The highest BCUT2D eigenvalue weighted by Gasteiger charge is 2.08. The molecule has 0 fully saturated rings. The highest BCUT2D eigenvalue weighted by Crippen LogP contribution is 2.25. The molecule has 0 saturated heterocycles. The molecule has 0 N–H and O–H groups in total. The van der Waals surface area contributed by atoms with Crippen LogP contribution < -0.4 is 9.47 Å². The molecule has 3 rings (SSSR count). The van der Waals surface area contributed by atoms with E-state index in [0.717, 1.165) is 54.2 Å². The zero-order valence-electron chi connectivity index (χ0n) is 24.2. The zero-order chi connectivity index (χ0) is 27.7. The summed E-state index contributed by atoms with van der Waals surface area (Å²) in [4.78, 5) is 21.3. The van der Waals surface area contributed by atoms with Crippen molar-refractivity contribution < 1.29 is 14.3 Å². The van der Waals surface area contributed by atoms with E-state index in [1.165, 1.54) is 51.4 Å². The van der Waals surface area contributed by atoms with Gasteiger partial charge in [0, 0.05) is 29.9 Å². The first-order valence-corrected chi connectivity index (χ1v) is 15.0. The lowest BCUT2D eigenvalue weighted by molar-refractivity contribution is -0.134. The maximum atomic E-state index is 12.2. The smallest absolute Gasteiger partial charge is 0.311 e. The van der Waals surface area contributed by atoms with Gasteiger partial charge in [0.1, 0.15) is 11.5 Å². The van der Waals surface area contributed by atoms with E-state index in [2.05, 4.69) is 30.7 Å². The van der Waals surface area contributed by atoms with Gasteiger partial charge in [0.15, 0.2) is 5.82 Å². The molecule has 39 heavy (non-hydrogen) atoms. The molecular formula is C34H46N2O3. The van der Waals surface area contributed by atoms with Crippen LogP contribution >= 0.6 is 0 Å². The van der Waals surface area contributed by atoms with E-state index in [9.17, 15) is 4.79 Å². The minimum absolute atomic E-state index is 0.166. The molecule has 5 nitrogen and oxygen atoms in total. The molecule has 0 spiro atoms. The van der Waals surface area contributed by atoms with Crippen LogP contribution in [0.15, 0.2) is 60.9 Å². The summed E-state index contributed by atoms with van der Waals surface area (Å²) in [6.07, 6.45) is 17.2.